The molecule has 0 aliphatic carbocycles. The van der Waals surface area contributed by atoms with Crippen molar-refractivity contribution in [3.05, 3.63) is 118 Å². The number of thiazole rings is 1. The molecular formula is C34H31BrN4O5S. The Bertz CT molecular complexity index is 2010. The van der Waals surface area contributed by atoms with E-state index in [1.54, 1.807) is 49.8 Å². The van der Waals surface area contributed by atoms with Gasteiger partial charge in [-0.2, -0.15) is 5.26 Å². The fourth-order valence-electron chi connectivity index (χ4n) is 5.01. The molecule has 9 nitrogen and oxygen atoms in total. The third-order valence-electron chi connectivity index (χ3n) is 7.26. The summed E-state index contributed by atoms with van der Waals surface area (Å²) in [7, 11) is 5.45. The summed E-state index contributed by atoms with van der Waals surface area (Å²) in [4.78, 5) is 34.4. The van der Waals surface area contributed by atoms with Crippen LogP contribution in [-0.2, 0) is 16.1 Å². The van der Waals surface area contributed by atoms with Crippen molar-refractivity contribution in [2.75, 3.05) is 32.7 Å². The van der Waals surface area contributed by atoms with E-state index < -0.39 is 12.0 Å². The van der Waals surface area contributed by atoms with Gasteiger partial charge >= 0.3 is 5.97 Å². The van der Waals surface area contributed by atoms with Crippen LogP contribution in [0.1, 0.15) is 42.1 Å². The minimum atomic E-state index is -0.696. The number of hydrogen-bond donors (Lipinski definition) is 0. The zero-order chi connectivity index (χ0) is 32.2. The number of fused-ring (bicyclic) bond motifs is 1. The van der Waals surface area contributed by atoms with Crippen LogP contribution in [0.3, 0.4) is 0 Å². The molecule has 0 saturated carbocycles. The average Bonchev–Trinajstić information content (AvgIpc) is 3.33. The quantitative estimate of drug-likeness (QED) is 0.226. The molecule has 0 bridgehead atoms. The van der Waals surface area contributed by atoms with Gasteiger partial charge in [-0.05, 0) is 88.9 Å². The lowest BCUT2D eigenvalue weighted by Crippen LogP contribution is -2.39. The number of rotatable bonds is 9. The molecule has 0 radical (unpaired) electrons. The van der Waals surface area contributed by atoms with Gasteiger partial charge in [-0.25, -0.2) is 9.79 Å². The Morgan fingerprint density at radius 3 is 2.49 bits per heavy atom. The van der Waals surface area contributed by atoms with Gasteiger partial charge in [-0.3, -0.25) is 9.36 Å². The maximum atomic E-state index is 14.0. The van der Waals surface area contributed by atoms with Crippen molar-refractivity contribution >= 4 is 45.0 Å². The van der Waals surface area contributed by atoms with E-state index in [4.69, 9.17) is 19.5 Å². The number of anilines is 1. The number of halogens is 1. The van der Waals surface area contributed by atoms with Crippen molar-refractivity contribution in [3.63, 3.8) is 0 Å². The van der Waals surface area contributed by atoms with Crippen molar-refractivity contribution in [2.45, 2.75) is 26.5 Å². The summed E-state index contributed by atoms with van der Waals surface area (Å²) in [5, 5.41) is 9.04. The zero-order valence-corrected chi connectivity index (χ0v) is 27.9. The van der Waals surface area contributed by atoms with Gasteiger partial charge in [0.05, 0.1) is 51.7 Å². The van der Waals surface area contributed by atoms with Crippen LogP contribution >= 0.6 is 27.3 Å². The van der Waals surface area contributed by atoms with Crippen LogP contribution in [-0.4, -0.2) is 38.3 Å². The van der Waals surface area contributed by atoms with Crippen LogP contribution in [0, 0.1) is 11.3 Å². The van der Waals surface area contributed by atoms with Crippen molar-refractivity contribution < 1.29 is 19.0 Å². The van der Waals surface area contributed by atoms with Gasteiger partial charge in [0, 0.05) is 19.8 Å². The Morgan fingerprint density at radius 1 is 1.16 bits per heavy atom. The Balaban J connectivity index is 1.55. The third kappa shape index (κ3) is 6.57. The van der Waals surface area contributed by atoms with Gasteiger partial charge in [0.15, 0.2) is 16.3 Å². The van der Waals surface area contributed by atoms with E-state index in [2.05, 4.69) is 27.0 Å². The third-order valence-corrected chi connectivity index (χ3v) is 8.83. The maximum Gasteiger partial charge on any atom is 0.338 e. The lowest BCUT2D eigenvalue weighted by molar-refractivity contribution is -0.139. The zero-order valence-electron chi connectivity index (χ0n) is 25.5. The van der Waals surface area contributed by atoms with E-state index in [0.717, 1.165) is 16.8 Å². The van der Waals surface area contributed by atoms with E-state index in [-0.39, 0.29) is 18.8 Å². The van der Waals surface area contributed by atoms with Crippen LogP contribution in [0.15, 0.2) is 86.2 Å². The monoisotopic (exact) mass is 686 g/mol. The van der Waals surface area contributed by atoms with Crippen LogP contribution in [0.5, 0.6) is 11.5 Å². The highest BCUT2D eigenvalue weighted by Crippen LogP contribution is 2.37. The van der Waals surface area contributed by atoms with Crippen molar-refractivity contribution in [1.29, 1.82) is 5.26 Å². The molecule has 0 saturated heterocycles. The van der Waals surface area contributed by atoms with Gasteiger partial charge < -0.3 is 19.1 Å². The number of hydrogen-bond acceptors (Lipinski definition) is 9. The van der Waals surface area contributed by atoms with Crippen molar-refractivity contribution in [3.8, 4) is 17.6 Å². The first-order valence-corrected chi connectivity index (χ1v) is 15.7. The van der Waals surface area contributed by atoms with E-state index in [9.17, 15) is 9.59 Å². The molecule has 1 aliphatic rings. The van der Waals surface area contributed by atoms with Gasteiger partial charge in [0.1, 0.15) is 6.61 Å². The molecule has 45 heavy (non-hydrogen) atoms. The first-order valence-electron chi connectivity index (χ1n) is 14.1. The second-order valence-electron chi connectivity index (χ2n) is 10.4. The average molecular weight is 688 g/mol. The molecule has 1 atom stereocenters. The number of aromatic nitrogens is 1. The van der Waals surface area contributed by atoms with Crippen LogP contribution in [0.4, 0.5) is 5.69 Å². The SMILES string of the molecule is CCOC(=O)C1=C(C)N=c2s/c(=C/c3cc(Br)c(OCc4ccc(C#N)cc4)c(OC)c3)c(=O)n2[C@H]1c1ccc(N(C)C)cc1. The number of carbonyl (C=O) groups excluding carboxylic acids is 1. The molecular weight excluding hydrogens is 656 g/mol. The fraction of sp³-hybridized carbons (Fsp3) is 0.235. The summed E-state index contributed by atoms with van der Waals surface area (Å²) in [5.41, 5.74) is 4.53. The summed E-state index contributed by atoms with van der Waals surface area (Å²) in [6.07, 6.45) is 1.77. The predicted molar refractivity (Wildman–Crippen MR) is 177 cm³/mol. The van der Waals surface area contributed by atoms with Gasteiger partial charge in [0.25, 0.3) is 5.56 Å². The molecule has 1 aromatic heterocycles. The number of esters is 1. The molecule has 0 spiro atoms. The predicted octanol–water partition coefficient (Wildman–Crippen LogP) is 5.09. The smallest absolute Gasteiger partial charge is 0.338 e. The lowest BCUT2D eigenvalue weighted by Gasteiger charge is -2.25. The standard InChI is InChI=1S/C34H31BrN4O5S/c1-6-43-33(41)29-20(2)37-34-39(30(29)24-11-13-25(14-12-24)38(3)4)32(40)28(45-34)17-23-15-26(35)31(27(16-23)42-5)44-19-22-9-7-21(18-36)8-10-22/h7-17,30H,6,19H2,1-5H3/b28-17+/t30-/m0/s1. The van der Waals surface area contributed by atoms with Gasteiger partial charge in [-0.15, -0.1) is 0 Å². The lowest BCUT2D eigenvalue weighted by atomic mass is 9.95. The fourth-order valence-corrected chi connectivity index (χ4v) is 6.63. The normalized spacial score (nSPS) is 14.3. The molecule has 1 aliphatic heterocycles. The molecule has 5 rings (SSSR count). The number of benzene rings is 3. The number of allylic oxidation sites excluding steroid dienone is 1. The number of carbonyl (C=O) groups is 1. The number of nitrogens with zero attached hydrogens (tertiary/aromatic N) is 4. The number of methoxy groups -OCH3 is 1. The van der Waals surface area contributed by atoms with Crippen LogP contribution < -0.4 is 29.3 Å². The molecule has 0 fully saturated rings. The highest BCUT2D eigenvalue weighted by molar-refractivity contribution is 9.10. The van der Waals surface area contributed by atoms with Crippen LogP contribution in [0.25, 0.3) is 6.08 Å². The minimum Gasteiger partial charge on any atom is -0.493 e. The summed E-state index contributed by atoms with van der Waals surface area (Å²) in [6, 6.07) is 20.0. The first kappa shape index (κ1) is 31.8. The molecule has 230 valence electrons. The van der Waals surface area contributed by atoms with E-state index in [1.807, 2.05) is 61.5 Å². The molecule has 3 aromatic carbocycles. The molecule has 0 amide bonds. The summed E-state index contributed by atoms with van der Waals surface area (Å²) < 4.78 is 19.8. The molecule has 11 heteroatoms. The maximum absolute atomic E-state index is 14.0. The molecule has 0 unspecified atom stereocenters. The summed E-state index contributed by atoms with van der Waals surface area (Å²) in [5.74, 6) is 0.493. The Kier molecular flexibility index (Phi) is 9.56. The summed E-state index contributed by atoms with van der Waals surface area (Å²) in [6.45, 7) is 4.00. The second kappa shape index (κ2) is 13.5. The molecule has 4 aromatic rings. The second-order valence-corrected chi connectivity index (χ2v) is 12.3. The van der Waals surface area contributed by atoms with E-state index >= 15 is 0 Å². The summed E-state index contributed by atoms with van der Waals surface area (Å²) >= 11 is 4.85. The van der Waals surface area contributed by atoms with Crippen molar-refractivity contribution in [2.24, 2.45) is 4.99 Å². The Morgan fingerprint density at radius 2 is 1.87 bits per heavy atom. The van der Waals surface area contributed by atoms with Crippen LogP contribution in [0.2, 0.25) is 0 Å². The highest BCUT2D eigenvalue weighted by Gasteiger charge is 2.33. The highest BCUT2D eigenvalue weighted by atomic mass is 79.9. The minimum absolute atomic E-state index is 0.205. The van der Waals surface area contributed by atoms with Gasteiger partial charge in [-0.1, -0.05) is 35.6 Å². The number of nitriles is 1. The van der Waals surface area contributed by atoms with E-state index in [1.165, 1.54) is 11.3 Å². The molecule has 2 heterocycles. The van der Waals surface area contributed by atoms with E-state index in [0.29, 0.717) is 47.7 Å². The van der Waals surface area contributed by atoms with Crippen molar-refractivity contribution in [1.82, 2.24) is 4.57 Å². The Labute approximate surface area is 273 Å². The first-order chi connectivity index (χ1) is 21.6. The molecule has 0 N–H and O–H groups in total. The Hall–Kier alpha value is -4.66. The largest absolute Gasteiger partial charge is 0.493 e. The van der Waals surface area contributed by atoms with Gasteiger partial charge in [0.2, 0.25) is 0 Å². The topological polar surface area (TPSA) is 106 Å². The number of ether oxygens (including phenoxy) is 3.